The van der Waals surface area contributed by atoms with Gasteiger partial charge in [-0.3, -0.25) is 0 Å². The monoisotopic (exact) mass is 439 g/mol. The molecule has 0 bridgehead atoms. The van der Waals surface area contributed by atoms with Crippen molar-refractivity contribution in [2.24, 2.45) is 0 Å². The molecule has 1 nitrogen and oxygen atoms in total. The second-order valence-electron chi connectivity index (χ2n) is 9.14. The number of unbranched alkanes of at least 4 members (excludes halogenated alkanes) is 16. The van der Waals surface area contributed by atoms with E-state index in [1.807, 2.05) is 0 Å². The van der Waals surface area contributed by atoms with E-state index in [9.17, 15) is 0 Å². The van der Waals surface area contributed by atoms with Crippen molar-refractivity contribution in [3.8, 4) is 0 Å². The van der Waals surface area contributed by atoms with Crippen molar-refractivity contribution in [2.45, 2.75) is 167 Å². The van der Waals surface area contributed by atoms with Gasteiger partial charge in [-0.25, -0.2) is 0 Å². The van der Waals surface area contributed by atoms with Crippen LogP contribution >= 0.6 is 0 Å². The number of rotatable bonds is 24. The molecule has 0 aliphatic heterocycles. The Hall–Kier alpha value is 0.492. The van der Waals surface area contributed by atoms with Crippen LogP contribution < -0.4 is 0 Å². The predicted molar refractivity (Wildman–Crippen MR) is 141 cm³/mol. The average Bonchev–Trinajstić information content (AvgIpc) is 2.76. The second-order valence-corrected chi connectivity index (χ2v) is 10.9. The predicted octanol–water partition coefficient (Wildman–Crippen LogP) is 10.4. The summed E-state index contributed by atoms with van der Waals surface area (Å²) in [5.41, 5.74) is 0. The van der Waals surface area contributed by atoms with Crippen LogP contribution in [0.2, 0.25) is 10.6 Å². The molecule has 0 aromatic rings. The zero-order chi connectivity index (χ0) is 22.4. The van der Waals surface area contributed by atoms with Crippen LogP contribution in [-0.4, -0.2) is 28.4 Å². The third kappa shape index (κ3) is 35.9. The standard InChI is InChI=1S/C12H26O.2C8H17.Al/c1-3-5-7-9-11-13-12-10-8-6-4-2;2*1-3-5-7-8-6-4-2;/h3-12H2,1-2H3;2*1,3-8H2,2H3;. The Labute approximate surface area is 199 Å². The number of hydrogen-bond donors (Lipinski definition) is 0. The van der Waals surface area contributed by atoms with Gasteiger partial charge >= 0.3 is 0 Å². The molecule has 30 heavy (non-hydrogen) atoms. The van der Waals surface area contributed by atoms with Crippen LogP contribution in [0.15, 0.2) is 0 Å². The molecule has 0 atom stereocenters. The van der Waals surface area contributed by atoms with Gasteiger partial charge in [-0.15, -0.1) is 10.6 Å². The molecule has 0 aliphatic carbocycles. The summed E-state index contributed by atoms with van der Waals surface area (Å²) in [5, 5.41) is 3.14. The topological polar surface area (TPSA) is 9.23 Å². The summed E-state index contributed by atoms with van der Waals surface area (Å²) in [6, 6.07) is 0. The van der Waals surface area contributed by atoms with E-state index in [4.69, 9.17) is 4.74 Å². The van der Waals surface area contributed by atoms with Gasteiger partial charge in [0.25, 0.3) is 0 Å². The number of hydrogen-bond acceptors (Lipinski definition) is 1. The van der Waals surface area contributed by atoms with Gasteiger partial charge in [0, 0.05) is 13.2 Å². The second kappa shape index (κ2) is 34.1. The summed E-state index contributed by atoms with van der Waals surface area (Å²) in [5.74, 6) is 0. The molecule has 0 amide bonds. The molecule has 0 fully saturated rings. The highest BCUT2D eigenvalue weighted by atomic mass is 27.1. The first-order valence-electron chi connectivity index (χ1n) is 14.2. The first-order valence-corrected chi connectivity index (χ1v) is 15.9. The van der Waals surface area contributed by atoms with E-state index < -0.39 is 0 Å². The van der Waals surface area contributed by atoms with E-state index >= 15 is 0 Å². The van der Waals surface area contributed by atoms with Crippen molar-refractivity contribution in [2.75, 3.05) is 13.2 Å². The Morgan fingerprint density at radius 3 is 1.03 bits per heavy atom. The summed E-state index contributed by atoms with van der Waals surface area (Å²) in [7, 11) is 0. The van der Waals surface area contributed by atoms with Crippen LogP contribution in [0.1, 0.15) is 156 Å². The summed E-state index contributed by atoms with van der Waals surface area (Å²) in [6.45, 7) is 11.0. The maximum atomic E-state index is 5.53. The Morgan fingerprint density at radius 2 is 0.667 bits per heavy atom. The van der Waals surface area contributed by atoms with Gasteiger partial charge < -0.3 is 4.74 Å². The van der Waals surface area contributed by atoms with Gasteiger partial charge in [-0.05, 0) is 12.8 Å². The quantitative estimate of drug-likeness (QED) is 0.107. The Bertz CT molecular complexity index is 233. The fourth-order valence-electron chi connectivity index (χ4n) is 3.65. The van der Waals surface area contributed by atoms with Crippen LogP contribution in [0.4, 0.5) is 0 Å². The lowest BCUT2D eigenvalue weighted by Gasteiger charge is -2.03. The van der Waals surface area contributed by atoms with Crippen LogP contribution in [0.25, 0.3) is 0 Å². The van der Waals surface area contributed by atoms with Crippen molar-refractivity contribution < 1.29 is 4.74 Å². The van der Waals surface area contributed by atoms with E-state index in [2.05, 4.69) is 27.7 Å². The highest BCUT2D eigenvalue weighted by Crippen LogP contribution is 2.10. The summed E-state index contributed by atoms with van der Waals surface area (Å²) in [6.07, 6.45) is 28.2. The summed E-state index contributed by atoms with van der Waals surface area (Å²) in [4.78, 5) is 0. The molecule has 0 rings (SSSR count). The normalized spacial score (nSPS) is 10.7. The van der Waals surface area contributed by atoms with Gasteiger partial charge in [0.1, 0.15) is 0 Å². The molecule has 181 valence electrons. The highest BCUT2D eigenvalue weighted by molar-refractivity contribution is 6.35. The molecular formula is C28H60AlO. The lowest BCUT2D eigenvalue weighted by Crippen LogP contribution is -1.96. The van der Waals surface area contributed by atoms with Crippen molar-refractivity contribution in [1.82, 2.24) is 0 Å². The smallest absolute Gasteiger partial charge is 0.199 e. The maximum Gasteiger partial charge on any atom is 0.199 e. The SMILES string of the molecule is CCCCCCC[CH2][Al][CH2]CCCCCCC.CCCCCCOCCCCCC. The van der Waals surface area contributed by atoms with Gasteiger partial charge in [0.2, 0.25) is 0 Å². The first-order chi connectivity index (χ1) is 14.8. The molecule has 2 heteroatoms. The third-order valence-corrected chi connectivity index (χ3v) is 7.44. The van der Waals surface area contributed by atoms with Gasteiger partial charge in [-0.2, -0.15) is 0 Å². The molecule has 0 unspecified atom stereocenters. The molecule has 0 aromatic carbocycles. The zero-order valence-corrected chi connectivity index (χ0v) is 23.1. The summed E-state index contributed by atoms with van der Waals surface area (Å²) >= 11 is 0.794. The lowest BCUT2D eigenvalue weighted by atomic mass is 10.1. The highest BCUT2D eigenvalue weighted by Gasteiger charge is 1.95. The fraction of sp³-hybridized carbons (Fsp3) is 1.00. The minimum Gasteiger partial charge on any atom is -0.381 e. The Morgan fingerprint density at radius 1 is 0.367 bits per heavy atom. The molecular weight excluding hydrogens is 379 g/mol. The minimum absolute atomic E-state index is 0.794. The fourth-order valence-corrected chi connectivity index (χ4v) is 5.09. The number of ether oxygens (including phenoxy) is 1. The third-order valence-electron chi connectivity index (χ3n) is 5.81. The minimum atomic E-state index is 0.794. The largest absolute Gasteiger partial charge is 0.381 e. The molecule has 0 saturated carbocycles. The van der Waals surface area contributed by atoms with E-state index in [0.717, 1.165) is 28.4 Å². The molecule has 1 radical (unpaired) electrons. The first kappa shape index (κ1) is 32.7. The van der Waals surface area contributed by atoms with E-state index in [0.29, 0.717) is 0 Å². The molecule has 0 N–H and O–H groups in total. The van der Waals surface area contributed by atoms with Gasteiger partial charge in [0.15, 0.2) is 15.2 Å². The molecule has 0 aromatic heterocycles. The van der Waals surface area contributed by atoms with Crippen LogP contribution in [0, 0.1) is 0 Å². The maximum absolute atomic E-state index is 5.53. The van der Waals surface area contributed by atoms with Gasteiger partial charge in [0.05, 0.1) is 0 Å². The Balaban J connectivity index is 0. The van der Waals surface area contributed by atoms with E-state index in [1.54, 1.807) is 10.6 Å². The zero-order valence-electron chi connectivity index (χ0n) is 22.0. The Kier molecular flexibility index (Phi) is 37.2. The molecule has 0 heterocycles. The van der Waals surface area contributed by atoms with E-state index in [-0.39, 0.29) is 0 Å². The van der Waals surface area contributed by atoms with Crippen LogP contribution in [0.5, 0.6) is 0 Å². The van der Waals surface area contributed by atoms with Crippen molar-refractivity contribution in [3.05, 3.63) is 0 Å². The molecule has 0 saturated heterocycles. The molecule has 0 aliphatic rings. The lowest BCUT2D eigenvalue weighted by molar-refractivity contribution is 0.126. The van der Waals surface area contributed by atoms with E-state index in [1.165, 1.54) is 128 Å². The van der Waals surface area contributed by atoms with Crippen molar-refractivity contribution >= 4 is 15.2 Å². The molecule has 0 spiro atoms. The van der Waals surface area contributed by atoms with Crippen LogP contribution in [-0.2, 0) is 4.74 Å². The summed E-state index contributed by atoms with van der Waals surface area (Å²) < 4.78 is 5.53. The van der Waals surface area contributed by atoms with Gasteiger partial charge in [-0.1, -0.05) is 143 Å². The van der Waals surface area contributed by atoms with Crippen molar-refractivity contribution in [1.29, 1.82) is 0 Å². The van der Waals surface area contributed by atoms with Crippen molar-refractivity contribution in [3.63, 3.8) is 0 Å². The van der Waals surface area contributed by atoms with Crippen LogP contribution in [0.3, 0.4) is 0 Å². The average molecular weight is 440 g/mol.